The van der Waals surface area contributed by atoms with Crippen molar-refractivity contribution >= 4 is 11.9 Å². The monoisotopic (exact) mass is 522 g/mol. The Morgan fingerprint density at radius 2 is 1.49 bits per heavy atom. The summed E-state index contributed by atoms with van der Waals surface area (Å²) in [7, 11) is 0. The second-order valence-corrected chi connectivity index (χ2v) is 10.2. The number of esters is 2. The third-order valence-electron chi connectivity index (χ3n) is 6.63. The van der Waals surface area contributed by atoms with Gasteiger partial charge in [-0.2, -0.15) is 0 Å². The predicted molar refractivity (Wildman–Crippen MR) is 155 cm³/mol. The van der Waals surface area contributed by atoms with Gasteiger partial charge in [-0.1, -0.05) is 56.1 Å². The first-order chi connectivity index (χ1) is 18.5. The van der Waals surface area contributed by atoms with Crippen molar-refractivity contribution in [1.29, 1.82) is 0 Å². The molecule has 0 radical (unpaired) electrons. The Balaban J connectivity index is 1.69. The number of ether oxygens (including phenoxy) is 3. The van der Waals surface area contributed by atoms with Crippen molar-refractivity contribution in [1.82, 2.24) is 0 Å². The van der Waals surface area contributed by atoms with Gasteiger partial charge in [0.25, 0.3) is 0 Å². The van der Waals surface area contributed by atoms with Crippen LogP contribution in [0.15, 0.2) is 91.1 Å². The summed E-state index contributed by atoms with van der Waals surface area (Å²) in [5.41, 5.74) is 8.71. The van der Waals surface area contributed by atoms with Crippen molar-refractivity contribution in [2.75, 3.05) is 6.61 Å². The molecule has 4 rings (SSSR count). The van der Waals surface area contributed by atoms with Crippen LogP contribution in [0.5, 0.6) is 11.5 Å². The number of hydrogen-bond donors (Lipinski definition) is 0. The van der Waals surface area contributed by atoms with Gasteiger partial charge in [-0.25, -0.2) is 9.59 Å². The van der Waals surface area contributed by atoms with E-state index >= 15 is 0 Å². The van der Waals surface area contributed by atoms with Crippen LogP contribution in [0.1, 0.15) is 50.0 Å². The van der Waals surface area contributed by atoms with E-state index in [9.17, 15) is 9.59 Å². The van der Waals surface area contributed by atoms with Crippen LogP contribution >= 0.6 is 0 Å². The first-order valence-corrected chi connectivity index (χ1v) is 12.9. The van der Waals surface area contributed by atoms with Crippen LogP contribution in [0.3, 0.4) is 0 Å². The fourth-order valence-electron chi connectivity index (χ4n) is 4.66. The summed E-state index contributed by atoms with van der Waals surface area (Å²) in [5, 5.41) is 0. The molecule has 3 aromatic carbocycles. The Morgan fingerprint density at radius 3 is 2.10 bits per heavy atom. The highest BCUT2D eigenvalue weighted by Gasteiger charge is 2.33. The molecule has 1 aliphatic carbocycles. The van der Waals surface area contributed by atoms with Crippen LogP contribution < -0.4 is 9.47 Å². The molecule has 0 bridgehead atoms. The number of hydrogen-bond acceptors (Lipinski definition) is 5. The molecular weight excluding hydrogens is 488 g/mol. The molecule has 5 heteroatoms. The molecule has 0 aromatic heterocycles. The summed E-state index contributed by atoms with van der Waals surface area (Å²) in [6, 6.07) is 18.1. The Labute approximate surface area is 230 Å². The zero-order valence-corrected chi connectivity index (χ0v) is 23.1. The first-order valence-electron chi connectivity index (χ1n) is 12.9. The molecule has 0 amide bonds. The second kappa shape index (κ2) is 11.6. The summed E-state index contributed by atoms with van der Waals surface area (Å²) in [6.45, 7) is 19.0. The van der Waals surface area contributed by atoms with E-state index in [1.165, 1.54) is 0 Å². The topological polar surface area (TPSA) is 61.8 Å². The minimum atomic E-state index is -0.526. The van der Waals surface area contributed by atoms with Crippen LogP contribution in [0, 0.1) is 6.92 Å². The number of carbonyl (C=O) groups is 2. The molecule has 5 nitrogen and oxygen atoms in total. The van der Waals surface area contributed by atoms with Gasteiger partial charge in [-0.05, 0) is 97.7 Å². The highest BCUT2D eigenvalue weighted by Crippen LogP contribution is 2.46. The van der Waals surface area contributed by atoms with Gasteiger partial charge in [-0.15, -0.1) is 0 Å². The molecule has 0 spiro atoms. The lowest BCUT2D eigenvalue weighted by molar-refractivity contribution is -0.144. The van der Waals surface area contributed by atoms with E-state index in [0.29, 0.717) is 36.3 Å². The minimum absolute atomic E-state index is 0.295. The van der Waals surface area contributed by atoms with Gasteiger partial charge >= 0.3 is 11.9 Å². The maximum Gasteiger partial charge on any atom is 0.338 e. The zero-order chi connectivity index (χ0) is 28.3. The molecular formula is C34H34O5. The molecule has 0 heterocycles. The maximum atomic E-state index is 12.4. The number of benzene rings is 3. The number of aryl methyl sites for hydroxylation is 1. The van der Waals surface area contributed by atoms with E-state index in [4.69, 9.17) is 14.2 Å². The van der Waals surface area contributed by atoms with Gasteiger partial charge < -0.3 is 14.2 Å². The molecule has 0 saturated heterocycles. The molecule has 1 atom stereocenters. The highest BCUT2D eigenvalue weighted by atomic mass is 16.6. The lowest BCUT2D eigenvalue weighted by Gasteiger charge is -2.19. The standard InChI is InChI=1S/C34H34O5/c1-20(2)19-37-26-11-8-24(9-12-26)25-10-13-27(23(7)18-25)28-14-16-30(38-33(35)21(3)4)32-29(28)15-17-31(32)39-34(36)22(5)6/h8-14,16,18,31H,1,3,5,15,17,19H2,2,4,6-7H3. The summed E-state index contributed by atoms with van der Waals surface area (Å²) in [6.07, 6.45) is 0.756. The van der Waals surface area contributed by atoms with E-state index in [1.54, 1.807) is 19.9 Å². The Kier molecular flexibility index (Phi) is 8.20. The fourth-order valence-corrected chi connectivity index (χ4v) is 4.66. The highest BCUT2D eigenvalue weighted by molar-refractivity contribution is 5.90. The molecule has 0 saturated carbocycles. The van der Waals surface area contributed by atoms with Crippen LogP contribution in [0.4, 0.5) is 0 Å². The Hall–Kier alpha value is -4.38. The lowest BCUT2D eigenvalue weighted by Crippen LogP contribution is -2.14. The SMILES string of the molecule is C=C(C)COc1ccc(-c2ccc(-c3ccc(OC(=O)C(=C)C)c4c3CCC4OC(=O)C(=C)C)c(C)c2)cc1. The van der Waals surface area contributed by atoms with E-state index in [1.807, 2.05) is 37.3 Å². The van der Waals surface area contributed by atoms with Gasteiger partial charge in [0.1, 0.15) is 24.2 Å². The molecule has 200 valence electrons. The van der Waals surface area contributed by atoms with Gasteiger partial charge in [0.15, 0.2) is 0 Å². The molecule has 1 unspecified atom stereocenters. The summed E-state index contributed by atoms with van der Waals surface area (Å²) in [4.78, 5) is 24.7. The third kappa shape index (κ3) is 6.20. The van der Waals surface area contributed by atoms with Crippen molar-refractivity contribution < 1.29 is 23.8 Å². The van der Waals surface area contributed by atoms with E-state index in [-0.39, 0.29) is 0 Å². The number of carbonyl (C=O) groups excluding carboxylic acids is 2. The second-order valence-electron chi connectivity index (χ2n) is 10.2. The van der Waals surface area contributed by atoms with E-state index in [2.05, 4.69) is 44.9 Å². The smallest absolute Gasteiger partial charge is 0.338 e. The molecule has 0 fully saturated rings. The van der Waals surface area contributed by atoms with E-state index < -0.39 is 18.0 Å². The zero-order valence-electron chi connectivity index (χ0n) is 23.1. The Morgan fingerprint density at radius 1 is 0.846 bits per heavy atom. The normalized spacial score (nSPS) is 13.8. The third-order valence-corrected chi connectivity index (χ3v) is 6.63. The molecule has 3 aromatic rings. The van der Waals surface area contributed by atoms with Crippen molar-refractivity contribution in [2.24, 2.45) is 0 Å². The first kappa shape index (κ1) is 27.6. The summed E-state index contributed by atoms with van der Waals surface area (Å²) < 4.78 is 17.1. The largest absolute Gasteiger partial charge is 0.489 e. The molecule has 1 aliphatic rings. The van der Waals surface area contributed by atoms with Crippen LogP contribution in [-0.2, 0) is 20.7 Å². The van der Waals surface area contributed by atoms with E-state index in [0.717, 1.165) is 50.3 Å². The minimum Gasteiger partial charge on any atom is -0.489 e. The average molecular weight is 523 g/mol. The van der Waals surface area contributed by atoms with Gasteiger partial charge in [0.2, 0.25) is 0 Å². The molecule has 0 N–H and O–H groups in total. The van der Waals surface area contributed by atoms with Crippen molar-refractivity contribution in [2.45, 2.75) is 46.6 Å². The molecule has 39 heavy (non-hydrogen) atoms. The quantitative estimate of drug-likeness (QED) is 0.124. The lowest BCUT2D eigenvalue weighted by atomic mass is 9.91. The maximum absolute atomic E-state index is 12.4. The van der Waals surface area contributed by atoms with Gasteiger partial charge in [-0.3, -0.25) is 0 Å². The number of rotatable bonds is 9. The van der Waals surface area contributed by atoms with Crippen LogP contribution in [-0.4, -0.2) is 18.5 Å². The number of fused-ring (bicyclic) bond motifs is 1. The Bertz CT molecular complexity index is 1480. The van der Waals surface area contributed by atoms with Gasteiger partial charge in [0, 0.05) is 16.7 Å². The van der Waals surface area contributed by atoms with Gasteiger partial charge in [0.05, 0.1) is 0 Å². The fraction of sp³-hybridized carbons (Fsp3) is 0.235. The van der Waals surface area contributed by atoms with Crippen molar-refractivity contribution in [3.8, 4) is 33.8 Å². The van der Waals surface area contributed by atoms with Crippen molar-refractivity contribution in [3.63, 3.8) is 0 Å². The average Bonchev–Trinajstić information content (AvgIpc) is 3.32. The summed E-state index contributed by atoms with van der Waals surface area (Å²) >= 11 is 0. The summed E-state index contributed by atoms with van der Waals surface area (Å²) in [5.74, 6) is 0.215. The molecule has 0 aliphatic heterocycles. The van der Waals surface area contributed by atoms with Crippen LogP contribution in [0.2, 0.25) is 0 Å². The van der Waals surface area contributed by atoms with Crippen LogP contribution in [0.25, 0.3) is 22.3 Å². The van der Waals surface area contributed by atoms with Crippen molar-refractivity contribution in [3.05, 3.63) is 108 Å². The predicted octanol–water partition coefficient (Wildman–Crippen LogP) is 7.87.